The van der Waals surface area contributed by atoms with Gasteiger partial charge < -0.3 is 10.2 Å². The minimum Gasteiger partial charge on any atom is -0.354 e. The molecule has 1 atom stereocenters. The molecule has 112 valence electrons. The Labute approximate surface area is 123 Å². The lowest BCUT2D eigenvalue weighted by molar-refractivity contribution is 0.551. The van der Waals surface area contributed by atoms with Crippen molar-refractivity contribution in [1.29, 1.82) is 0 Å². The van der Waals surface area contributed by atoms with Crippen molar-refractivity contribution in [2.45, 2.75) is 59.0 Å². The van der Waals surface area contributed by atoms with Crippen LogP contribution >= 0.6 is 0 Å². The molecular weight excluding hydrogens is 246 g/mol. The van der Waals surface area contributed by atoms with E-state index < -0.39 is 0 Å². The third kappa shape index (κ3) is 4.48. The molecule has 1 unspecified atom stereocenters. The number of aromatic nitrogens is 1. The second kappa shape index (κ2) is 7.63. The first-order chi connectivity index (χ1) is 9.66. The topological polar surface area (TPSA) is 28.2 Å². The van der Waals surface area contributed by atoms with Crippen LogP contribution in [0.2, 0.25) is 0 Å². The molecule has 0 bridgehead atoms. The SMILES string of the molecule is CC(C)CNCc1ccc(N2CCCCCC2C)nc1. The van der Waals surface area contributed by atoms with Gasteiger partial charge in [0, 0.05) is 25.3 Å². The molecule has 0 aliphatic carbocycles. The predicted molar refractivity (Wildman–Crippen MR) is 86.1 cm³/mol. The van der Waals surface area contributed by atoms with E-state index in [1.54, 1.807) is 0 Å². The highest BCUT2D eigenvalue weighted by atomic mass is 15.2. The Bertz CT molecular complexity index is 386. The van der Waals surface area contributed by atoms with Crippen LogP contribution in [0.5, 0.6) is 0 Å². The molecule has 1 aromatic rings. The Kier molecular flexibility index (Phi) is 5.84. The number of pyridine rings is 1. The van der Waals surface area contributed by atoms with Crippen LogP contribution < -0.4 is 10.2 Å². The average Bonchev–Trinajstić information content (AvgIpc) is 2.64. The maximum Gasteiger partial charge on any atom is 0.128 e. The Morgan fingerprint density at radius 2 is 2.15 bits per heavy atom. The van der Waals surface area contributed by atoms with Crippen molar-refractivity contribution in [3.63, 3.8) is 0 Å². The fraction of sp³-hybridized carbons (Fsp3) is 0.706. The Morgan fingerprint density at radius 3 is 2.85 bits per heavy atom. The summed E-state index contributed by atoms with van der Waals surface area (Å²) in [6.45, 7) is 9.92. The van der Waals surface area contributed by atoms with Crippen molar-refractivity contribution in [3.8, 4) is 0 Å². The van der Waals surface area contributed by atoms with E-state index in [4.69, 9.17) is 0 Å². The molecule has 0 aromatic carbocycles. The van der Waals surface area contributed by atoms with Crippen LogP contribution in [0.15, 0.2) is 18.3 Å². The van der Waals surface area contributed by atoms with Gasteiger partial charge in [-0.15, -0.1) is 0 Å². The lowest BCUT2D eigenvalue weighted by atomic mass is 10.1. The number of rotatable bonds is 5. The number of hydrogen-bond donors (Lipinski definition) is 1. The van der Waals surface area contributed by atoms with Gasteiger partial charge in [-0.3, -0.25) is 0 Å². The summed E-state index contributed by atoms with van der Waals surface area (Å²) in [6, 6.07) is 5.02. The van der Waals surface area contributed by atoms with E-state index in [2.05, 4.69) is 48.1 Å². The lowest BCUT2D eigenvalue weighted by Gasteiger charge is -2.28. The first kappa shape index (κ1) is 15.3. The minimum atomic E-state index is 0.620. The maximum atomic E-state index is 4.68. The third-order valence-electron chi connectivity index (χ3n) is 4.04. The lowest BCUT2D eigenvalue weighted by Crippen LogP contribution is -2.33. The van der Waals surface area contributed by atoms with Crippen molar-refractivity contribution >= 4 is 5.82 Å². The molecule has 1 aliphatic heterocycles. The summed E-state index contributed by atoms with van der Waals surface area (Å²) >= 11 is 0. The van der Waals surface area contributed by atoms with Crippen molar-refractivity contribution in [2.75, 3.05) is 18.0 Å². The predicted octanol–water partition coefficient (Wildman–Crippen LogP) is 3.60. The summed E-state index contributed by atoms with van der Waals surface area (Å²) in [5.41, 5.74) is 1.27. The van der Waals surface area contributed by atoms with Crippen molar-refractivity contribution in [1.82, 2.24) is 10.3 Å². The van der Waals surface area contributed by atoms with E-state index in [0.717, 1.165) is 25.5 Å². The smallest absolute Gasteiger partial charge is 0.128 e. The molecule has 1 N–H and O–H groups in total. The van der Waals surface area contributed by atoms with Crippen LogP contribution in [0.3, 0.4) is 0 Å². The van der Waals surface area contributed by atoms with Crippen molar-refractivity contribution < 1.29 is 0 Å². The third-order valence-corrected chi connectivity index (χ3v) is 4.04. The van der Waals surface area contributed by atoms with Gasteiger partial charge >= 0.3 is 0 Å². The summed E-state index contributed by atoms with van der Waals surface area (Å²) in [4.78, 5) is 7.15. The van der Waals surface area contributed by atoms with Crippen LogP contribution in [0.4, 0.5) is 5.82 Å². The number of nitrogens with zero attached hydrogens (tertiary/aromatic N) is 2. The summed E-state index contributed by atoms with van der Waals surface area (Å²) in [7, 11) is 0. The molecule has 0 amide bonds. The zero-order chi connectivity index (χ0) is 14.4. The average molecular weight is 275 g/mol. The molecule has 1 saturated heterocycles. The van der Waals surface area contributed by atoms with Crippen molar-refractivity contribution in [2.24, 2.45) is 5.92 Å². The highest BCUT2D eigenvalue weighted by Gasteiger charge is 2.17. The molecule has 0 spiro atoms. The van der Waals surface area contributed by atoms with E-state index in [-0.39, 0.29) is 0 Å². The summed E-state index contributed by atoms with van der Waals surface area (Å²) in [5.74, 6) is 1.84. The highest BCUT2D eigenvalue weighted by molar-refractivity contribution is 5.40. The molecule has 0 saturated carbocycles. The number of hydrogen-bond acceptors (Lipinski definition) is 3. The first-order valence-electron chi connectivity index (χ1n) is 8.09. The van der Waals surface area contributed by atoms with E-state index in [9.17, 15) is 0 Å². The van der Waals surface area contributed by atoms with Gasteiger partial charge in [-0.2, -0.15) is 0 Å². The number of anilines is 1. The van der Waals surface area contributed by atoms with Crippen LogP contribution in [-0.4, -0.2) is 24.1 Å². The Hall–Kier alpha value is -1.09. The Balaban J connectivity index is 1.93. The van der Waals surface area contributed by atoms with Crippen LogP contribution in [0.1, 0.15) is 52.0 Å². The largest absolute Gasteiger partial charge is 0.354 e. The quantitative estimate of drug-likeness (QED) is 0.890. The molecule has 1 aliphatic rings. The summed E-state index contributed by atoms with van der Waals surface area (Å²) in [6.07, 6.45) is 7.33. The molecule has 20 heavy (non-hydrogen) atoms. The van der Waals surface area contributed by atoms with E-state index in [0.29, 0.717) is 12.0 Å². The zero-order valence-corrected chi connectivity index (χ0v) is 13.2. The first-order valence-corrected chi connectivity index (χ1v) is 8.09. The van der Waals surface area contributed by atoms with Gasteiger partial charge in [-0.25, -0.2) is 4.98 Å². The van der Waals surface area contributed by atoms with E-state index in [1.165, 1.54) is 31.2 Å². The summed E-state index contributed by atoms with van der Waals surface area (Å²) < 4.78 is 0. The normalized spacial score (nSPS) is 20.2. The molecule has 2 rings (SSSR count). The zero-order valence-electron chi connectivity index (χ0n) is 13.2. The van der Waals surface area contributed by atoms with Crippen LogP contribution in [0, 0.1) is 5.92 Å². The van der Waals surface area contributed by atoms with E-state index >= 15 is 0 Å². The molecule has 3 nitrogen and oxygen atoms in total. The van der Waals surface area contributed by atoms with Gasteiger partial charge in [0.15, 0.2) is 0 Å². The molecule has 2 heterocycles. The van der Waals surface area contributed by atoms with Crippen molar-refractivity contribution in [3.05, 3.63) is 23.9 Å². The van der Waals surface area contributed by atoms with Gasteiger partial charge in [0.25, 0.3) is 0 Å². The molecule has 1 fully saturated rings. The fourth-order valence-electron chi connectivity index (χ4n) is 2.81. The van der Waals surface area contributed by atoms with Gasteiger partial charge in [-0.05, 0) is 43.9 Å². The fourth-order valence-corrected chi connectivity index (χ4v) is 2.81. The van der Waals surface area contributed by atoms with Crippen LogP contribution in [0.25, 0.3) is 0 Å². The molecular formula is C17H29N3. The van der Waals surface area contributed by atoms with Gasteiger partial charge in [0.05, 0.1) is 0 Å². The summed E-state index contributed by atoms with van der Waals surface area (Å²) in [5, 5.41) is 3.47. The Morgan fingerprint density at radius 1 is 1.30 bits per heavy atom. The second-order valence-corrected chi connectivity index (χ2v) is 6.44. The maximum absolute atomic E-state index is 4.68. The molecule has 0 radical (unpaired) electrons. The van der Waals surface area contributed by atoms with Gasteiger partial charge in [0.1, 0.15) is 5.82 Å². The molecule has 1 aromatic heterocycles. The standard InChI is InChI=1S/C17H29N3/c1-14(2)11-18-12-16-8-9-17(19-13-16)20-10-6-4-5-7-15(20)3/h8-9,13-15,18H,4-7,10-12H2,1-3H3. The number of nitrogens with one attached hydrogen (secondary N) is 1. The second-order valence-electron chi connectivity index (χ2n) is 6.44. The van der Waals surface area contributed by atoms with Gasteiger partial charge in [0.2, 0.25) is 0 Å². The van der Waals surface area contributed by atoms with Crippen LogP contribution in [-0.2, 0) is 6.54 Å². The molecule has 3 heteroatoms. The van der Waals surface area contributed by atoms with Gasteiger partial charge in [-0.1, -0.05) is 32.8 Å². The minimum absolute atomic E-state index is 0.620. The monoisotopic (exact) mass is 275 g/mol. The van der Waals surface area contributed by atoms with E-state index in [1.807, 2.05) is 6.20 Å². The highest BCUT2D eigenvalue weighted by Crippen LogP contribution is 2.22.